The van der Waals surface area contributed by atoms with Crippen molar-refractivity contribution in [3.05, 3.63) is 30.1 Å². The number of ether oxygens (including phenoxy) is 1. The van der Waals surface area contributed by atoms with Gasteiger partial charge in [-0.25, -0.2) is 4.39 Å². The Morgan fingerprint density at radius 3 is 2.75 bits per heavy atom. The maximum atomic E-state index is 13.8. The largest absolute Gasteiger partial charge is 0.481 e. The maximum Gasteiger partial charge on any atom is 0.305 e. The fourth-order valence-electron chi connectivity index (χ4n) is 2.17. The van der Waals surface area contributed by atoms with Gasteiger partial charge >= 0.3 is 5.97 Å². The van der Waals surface area contributed by atoms with Crippen LogP contribution in [-0.4, -0.2) is 36.2 Å². The highest BCUT2D eigenvalue weighted by atomic mass is 19.1. The number of halogens is 1. The second-order valence-electron chi connectivity index (χ2n) is 4.59. The Kier molecular flexibility index (Phi) is 4.68. The quantitative estimate of drug-likeness (QED) is 0.894. The van der Waals surface area contributed by atoms with Crippen molar-refractivity contribution in [2.75, 3.05) is 18.1 Å². The molecule has 1 saturated heterocycles. The van der Waals surface area contributed by atoms with Gasteiger partial charge in [0.25, 0.3) is 5.91 Å². The molecule has 1 aliphatic rings. The van der Waals surface area contributed by atoms with Crippen molar-refractivity contribution < 1.29 is 23.8 Å². The summed E-state index contributed by atoms with van der Waals surface area (Å²) >= 11 is 0. The lowest BCUT2D eigenvalue weighted by Gasteiger charge is -2.25. The fourth-order valence-corrected chi connectivity index (χ4v) is 2.17. The van der Waals surface area contributed by atoms with Crippen LogP contribution in [0.5, 0.6) is 0 Å². The van der Waals surface area contributed by atoms with E-state index in [4.69, 9.17) is 9.84 Å². The molecular formula is C14H16FNO4. The van der Waals surface area contributed by atoms with Gasteiger partial charge in [-0.1, -0.05) is 12.1 Å². The van der Waals surface area contributed by atoms with Crippen LogP contribution in [0, 0.1) is 5.82 Å². The second-order valence-corrected chi connectivity index (χ2v) is 4.59. The number of amides is 1. The van der Waals surface area contributed by atoms with Gasteiger partial charge in [-0.2, -0.15) is 0 Å². The first kappa shape index (κ1) is 14.5. The first-order valence-electron chi connectivity index (χ1n) is 6.49. The summed E-state index contributed by atoms with van der Waals surface area (Å²) in [4.78, 5) is 24.2. The third-order valence-electron chi connectivity index (χ3n) is 3.16. The SMILES string of the molecule is O=C(O)CCN(C(=O)C1CCCO1)c1ccccc1F. The van der Waals surface area contributed by atoms with Crippen LogP contribution in [-0.2, 0) is 14.3 Å². The van der Waals surface area contributed by atoms with Crippen molar-refractivity contribution in [3.63, 3.8) is 0 Å². The molecule has 1 aliphatic heterocycles. The molecule has 1 aromatic rings. The molecule has 2 rings (SSSR count). The lowest BCUT2D eigenvalue weighted by Crippen LogP contribution is -2.40. The van der Waals surface area contributed by atoms with Gasteiger partial charge in [-0.05, 0) is 25.0 Å². The van der Waals surface area contributed by atoms with Crippen LogP contribution in [0.1, 0.15) is 19.3 Å². The topological polar surface area (TPSA) is 66.8 Å². The third-order valence-corrected chi connectivity index (χ3v) is 3.16. The number of carbonyl (C=O) groups is 2. The van der Waals surface area contributed by atoms with E-state index in [1.54, 1.807) is 6.07 Å². The molecule has 1 fully saturated rings. The number of para-hydroxylation sites is 1. The van der Waals surface area contributed by atoms with Gasteiger partial charge in [0.2, 0.25) is 0 Å². The highest BCUT2D eigenvalue weighted by Crippen LogP contribution is 2.23. The van der Waals surface area contributed by atoms with Gasteiger partial charge in [0.05, 0.1) is 12.1 Å². The van der Waals surface area contributed by atoms with Crippen LogP contribution in [0.3, 0.4) is 0 Å². The molecule has 0 radical (unpaired) electrons. The Bertz CT molecular complexity index is 500. The number of carboxylic acid groups (broad SMARTS) is 1. The number of aliphatic carboxylic acids is 1. The Morgan fingerprint density at radius 2 is 2.15 bits per heavy atom. The number of rotatable bonds is 5. The lowest BCUT2D eigenvalue weighted by molar-refractivity contribution is -0.136. The van der Waals surface area contributed by atoms with E-state index in [-0.39, 0.29) is 24.6 Å². The number of benzene rings is 1. The summed E-state index contributed by atoms with van der Waals surface area (Å²) in [6, 6.07) is 5.83. The van der Waals surface area contributed by atoms with Gasteiger partial charge in [0.1, 0.15) is 11.9 Å². The average Bonchev–Trinajstić information content (AvgIpc) is 2.94. The number of carboxylic acids is 1. The summed E-state index contributed by atoms with van der Waals surface area (Å²) in [5.41, 5.74) is 0.0919. The van der Waals surface area contributed by atoms with Crippen LogP contribution in [0.25, 0.3) is 0 Å². The molecule has 20 heavy (non-hydrogen) atoms. The molecule has 0 aliphatic carbocycles. The second kappa shape index (κ2) is 6.47. The van der Waals surface area contributed by atoms with Crippen molar-refractivity contribution in [2.45, 2.75) is 25.4 Å². The maximum absolute atomic E-state index is 13.8. The molecule has 1 unspecified atom stereocenters. The summed E-state index contributed by atoms with van der Waals surface area (Å²) in [5.74, 6) is -1.97. The van der Waals surface area contributed by atoms with Gasteiger partial charge < -0.3 is 14.7 Å². The van der Waals surface area contributed by atoms with Crippen LogP contribution >= 0.6 is 0 Å². The Hall–Kier alpha value is -1.95. The van der Waals surface area contributed by atoms with E-state index in [1.165, 1.54) is 23.1 Å². The first-order chi connectivity index (χ1) is 9.59. The molecule has 5 nitrogen and oxygen atoms in total. The number of hydrogen-bond acceptors (Lipinski definition) is 3. The Morgan fingerprint density at radius 1 is 1.40 bits per heavy atom. The van der Waals surface area contributed by atoms with Crippen LogP contribution in [0.15, 0.2) is 24.3 Å². The van der Waals surface area contributed by atoms with Crippen molar-refractivity contribution in [1.82, 2.24) is 0 Å². The van der Waals surface area contributed by atoms with Crippen molar-refractivity contribution in [1.29, 1.82) is 0 Å². The summed E-state index contributed by atoms with van der Waals surface area (Å²) in [6.07, 6.45) is 0.507. The lowest BCUT2D eigenvalue weighted by atomic mass is 10.2. The molecule has 0 aromatic heterocycles. The zero-order valence-corrected chi connectivity index (χ0v) is 10.9. The summed E-state index contributed by atoms with van der Waals surface area (Å²) in [5, 5.41) is 8.76. The van der Waals surface area contributed by atoms with Gasteiger partial charge in [0, 0.05) is 13.2 Å². The minimum atomic E-state index is -1.04. The normalized spacial score (nSPS) is 17.9. The van der Waals surface area contributed by atoms with E-state index in [1.807, 2.05) is 0 Å². The minimum Gasteiger partial charge on any atom is -0.481 e. The molecule has 0 spiro atoms. The molecule has 1 heterocycles. The van der Waals surface area contributed by atoms with Gasteiger partial charge in [-0.15, -0.1) is 0 Å². The standard InChI is InChI=1S/C14H16FNO4/c15-10-4-1-2-5-11(10)16(8-7-13(17)18)14(19)12-6-3-9-20-12/h1-2,4-5,12H,3,6-9H2,(H,17,18). The van der Waals surface area contributed by atoms with Crippen molar-refractivity contribution in [3.8, 4) is 0 Å². The number of carbonyl (C=O) groups excluding carboxylic acids is 1. The molecule has 0 saturated carbocycles. The van der Waals surface area contributed by atoms with E-state index in [2.05, 4.69) is 0 Å². The predicted octanol–water partition coefficient (Wildman–Crippen LogP) is 1.81. The molecule has 1 aromatic carbocycles. The van der Waals surface area contributed by atoms with Crippen molar-refractivity contribution in [2.24, 2.45) is 0 Å². The molecule has 1 N–H and O–H groups in total. The number of anilines is 1. The molecule has 1 amide bonds. The average molecular weight is 281 g/mol. The zero-order chi connectivity index (χ0) is 14.5. The summed E-state index contributed by atoms with van der Waals surface area (Å²) in [6.45, 7) is 0.426. The van der Waals surface area contributed by atoms with Gasteiger partial charge in [-0.3, -0.25) is 9.59 Å². The molecular weight excluding hydrogens is 265 g/mol. The summed E-state index contributed by atoms with van der Waals surface area (Å²) < 4.78 is 19.1. The van der Waals surface area contributed by atoms with E-state index < -0.39 is 17.9 Å². The predicted molar refractivity (Wildman–Crippen MR) is 70.0 cm³/mol. The molecule has 6 heteroatoms. The van der Waals surface area contributed by atoms with E-state index in [0.29, 0.717) is 13.0 Å². The molecule has 0 bridgehead atoms. The van der Waals surface area contributed by atoms with Crippen LogP contribution < -0.4 is 4.90 Å². The number of hydrogen-bond donors (Lipinski definition) is 1. The van der Waals surface area contributed by atoms with E-state index >= 15 is 0 Å². The first-order valence-corrected chi connectivity index (χ1v) is 6.49. The highest BCUT2D eigenvalue weighted by Gasteiger charge is 2.30. The smallest absolute Gasteiger partial charge is 0.305 e. The Balaban J connectivity index is 2.21. The summed E-state index contributed by atoms with van der Waals surface area (Å²) in [7, 11) is 0. The third kappa shape index (κ3) is 3.33. The molecule has 108 valence electrons. The fraction of sp³-hybridized carbons (Fsp3) is 0.429. The van der Waals surface area contributed by atoms with Crippen LogP contribution in [0.4, 0.5) is 10.1 Å². The number of nitrogens with zero attached hydrogens (tertiary/aromatic N) is 1. The minimum absolute atomic E-state index is 0.0744. The Labute approximate surface area is 116 Å². The van der Waals surface area contributed by atoms with Crippen molar-refractivity contribution >= 4 is 17.6 Å². The van der Waals surface area contributed by atoms with Crippen LogP contribution in [0.2, 0.25) is 0 Å². The monoisotopic (exact) mass is 281 g/mol. The van der Waals surface area contributed by atoms with Gasteiger partial charge in [0.15, 0.2) is 0 Å². The zero-order valence-electron chi connectivity index (χ0n) is 10.9. The van der Waals surface area contributed by atoms with E-state index in [9.17, 15) is 14.0 Å². The molecule has 1 atom stereocenters. The van der Waals surface area contributed by atoms with E-state index in [0.717, 1.165) is 6.42 Å². The highest BCUT2D eigenvalue weighted by molar-refractivity contribution is 5.97.